The fourth-order valence-corrected chi connectivity index (χ4v) is 7.62. The van der Waals surface area contributed by atoms with Crippen molar-refractivity contribution in [1.29, 1.82) is 0 Å². The van der Waals surface area contributed by atoms with E-state index in [1.807, 2.05) is 20.8 Å². The maximum atomic E-state index is 14.1. The largest absolute Gasteiger partial charge is 0.481 e. The number of hydrogen-bond acceptors (Lipinski definition) is 8. The van der Waals surface area contributed by atoms with Gasteiger partial charge < -0.3 is 14.6 Å². The smallest absolute Gasteiger partial charge is 0.326 e. The van der Waals surface area contributed by atoms with Crippen LogP contribution in [0.15, 0.2) is 54.6 Å². The van der Waals surface area contributed by atoms with Gasteiger partial charge in [-0.2, -0.15) is 0 Å². The summed E-state index contributed by atoms with van der Waals surface area (Å²) in [6.07, 6.45) is -0.456. The lowest BCUT2D eigenvalue weighted by atomic mass is 9.82. The highest BCUT2D eigenvalue weighted by Crippen LogP contribution is 2.58. The maximum Gasteiger partial charge on any atom is 0.326 e. The lowest BCUT2D eigenvalue weighted by molar-refractivity contribution is -0.160. The van der Waals surface area contributed by atoms with Crippen LogP contribution in [-0.4, -0.2) is 62.6 Å². The fraction of sp³-hybridized carbons (Fsp3) is 0.448. The number of nitrogens with zero attached hydrogens (tertiary/aromatic N) is 1. The summed E-state index contributed by atoms with van der Waals surface area (Å²) in [5.74, 6) is -2.70. The summed E-state index contributed by atoms with van der Waals surface area (Å²) in [4.78, 5) is 52.9. The molecular formula is C29H32N2O7S. The first-order valence-corrected chi connectivity index (χ1v) is 13.8. The number of hydrogen-bond donors (Lipinski definition) is 2. The number of carboxylic acids is 1. The van der Waals surface area contributed by atoms with Crippen molar-refractivity contribution in [3.05, 3.63) is 71.3 Å². The van der Waals surface area contributed by atoms with Crippen molar-refractivity contribution in [2.45, 2.75) is 61.9 Å². The number of carbonyl (C=O) groups excluding carboxylic acids is 3. The van der Waals surface area contributed by atoms with Gasteiger partial charge in [-0.25, -0.2) is 4.90 Å². The molecule has 9 nitrogen and oxygen atoms in total. The number of carboxylic acid groups (broad SMARTS) is 1. The zero-order chi connectivity index (χ0) is 28.0. The highest BCUT2D eigenvalue weighted by atomic mass is 32.2. The van der Waals surface area contributed by atoms with Crippen molar-refractivity contribution in [1.82, 2.24) is 10.2 Å². The second-order valence-corrected chi connectivity index (χ2v) is 12.9. The van der Waals surface area contributed by atoms with E-state index in [1.165, 1.54) is 11.8 Å². The van der Waals surface area contributed by atoms with Gasteiger partial charge in [0.25, 0.3) is 11.8 Å². The minimum Gasteiger partial charge on any atom is -0.481 e. The Balaban J connectivity index is 1.52. The molecule has 2 saturated heterocycles. The number of thioether (sulfide) groups is 1. The predicted molar refractivity (Wildman–Crippen MR) is 144 cm³/mol. The molecule has 0 radical (unpaired) electrons. The molecular weight excluding hydrogens is 520 g/mol. The third-order valence-corrected chi connectivity index (χ3v) is 10.1. The molecule has 3 aliphatic heterocycles. The quantitative estimate of drug-likeness (QED) is 0.404. The van der Waals surface area contributed by atoms with E-state index in [9.17, 15) is 24.3 Å². The molecule has 10 heteroatoms. The first-order valence-electron chi connectivity index (χ1n) is 13.0. The summed E-state index contributed by atoms with van der Waals surface area (Å²) in [5.41, 5.74) is 0.448. The maximum absolute atomic E-state index is 14.1. The number of imide groups is 1. The number of carbonyl (C=O) groups is 4. The van der Waals surface area contributed by atoms with Crippen LogP contribution < -0.4 is 5.32 Å². The third kappa shape index (κ3) is 4.74. The Kier molecular flexibility index (Phi) is 7.07. The van der Waals surface area contributed by atoms with Crippen molar-refractivity contribution in [2.24, 2.45) is 5.41 Å². The second kappa shape index (κ2) is 10.1. The summed E-state index contributed by atoms with van der Waals surface area (Å²) in [5, 5.41) is 13.2. The molecule has 0 aliphatic carbocycles. The molecule has 3 unspecified atom stereocenters. The number of aliphatic carboxylic acids is 1. The Hall–Kier alpha value is -3.21. The summed E-state index contributed by atoms with van der Waals surface area (Å²) in [7, 11) is 0. The second-order valence-electron chi connectivity index (χ2n) is 11.2. The predicted octanol–water partition coefficient (Wildman–Crippen LogP) is 4.00. The average Bonchev–Trinajstić information content (AvgIpc) is 3.35. The number of ether oxygens (including phenoxy) is 2. The molecule has 2 amide bonds. The van der Waals surface area contributed by atoms with E-state index in [4.69, 9.17) is 9.47 Å². The number of fused-ring (bicyclic) bond motifs is 1. The van der Waals surface area contributed by atoms with Crippen molar-refractivity contribution >= 4 is 35.5 Å². The molecule has 0 aromatic heterocycles. The van der Waals surface area contributed by atoms with Gasteiger partial charge in [0.1, 0.15) is 6.04 Å². The SMILES string of the molecule is CC(C)(C)C1(CC(=O)O)NC(C(=O)OC(c2ccccc2)N2C(=O)c3ccccc3C2=O)C2(CCOCC2)S1. The molecule has 0 bridgehead atoms. The Labute approximate surface area is 231 Å². The first-order chi connectivity index (χ1) is 18.5. The standard InChI is InChI=1S/C29H32N2O7S/c1-27(2,3)29(17-21(32)33)30-22(28(39-29)13-15-37-16-14-28)26(36)38-25(18-9-5-4-6-10-18)31-23(34)19-11-7-8-12-20(19)24(31)35/h4-12,22,25,30H,13-17H2,1-3H3,(H,32,33). The minimum atomic E-state index is -1.29. The van der Waals surface area contributed by atoms with Gasteiger partial charge in [0, 0.05) is 23.5 Å². The van der Waals surface area contributed by atoms with E-state index in [-0.39, 0.29) is 17.5 Å². The summed E-state index contributed by atoms with van der Waals surface area (Å²) < 4.78 is 11.0. The summed E-state index contributed by atoms with van der Waals surface area (Å²) in [6.45, 7) is 6.69. The van der Waals surface area contributed by atoms with Gasteiger partial charge in [0.05, 0.1) is 22.4 Å². The summed E-state index contributed by atoms with van der Waals surface area (Å²) in [6, 6.07) is 14.3. The van der Waals surface area contributed by atoms with Gasteiger partial charge in [-0.15, -0.1) is 11.8 Å². The van der Waals surface area contributed by atoms with Crippen LogP contribution in [0.5, 0.6) is 0 Å². The van der Waals surface area contributed by atoms with Crippen molar-refractivity contribution in [3.63, 3.8) is 0 Å². The average molecular weight is 553 g/mol. The normalized spacial score (nSPS) is 25.0. The van der Waals surface area contributed by atoms with Crippen LogP contribution in [0.25, 0.3) is 0 Å². The lowest BCUT2D eigenvalue weighted by Gasteiger charge is -2.42. The zero-order valence-electron chi connectivity index (χ0n) is 22.1. The van der Waals surface area contributed by atoms with Gasteiger partial charge in [0.15, 0.2) is 0 Å². The topological polar surface area (TPSA) is 122 Å². The monoisotopic (exact) mass is 552 g/mol. The van der Waals surface area contributed by atoms with E-state index in [2.05, 4.69) is 5.32 Å². The van der Waals surface area contributed by atoms with Gasteiger partial charge in [0.2, 0.25) is 6.23 Å². The van der Waals surface area contributed by atoms with E-state index in [1.54, 1.807) is 54.6 Å². The van der Waals surface area contributed by atoms with E-state index in [0.29, 0.717) is 31.6 Å². The molecule has 5 rings (SSSR count). The minimum absolute atomic E-state index is 0.200. The van der Waals surface area contributed by atoms with E-state index in [0.717, 1.165) is 4.90 Å². The molecule has 2 aromatic rings. The highest BCUT2D eigenvalue weighted by molar-refractivity contribution is 8.02. The molecule has 39 heavy (non-hydrogen) atoms. The third-order valence-electron chi connectivity index (χ3n) is 7.84. The molecule has 2 fully saturated rings. The molecule has 3 atom stereocenters. The Morgan fingerprint density at radius 2 is 1.62 bits per heavy atom. The van der Waals surface area contributed by atoms with Crippen molar-refractivity contribution < 1.29 is 33.8 Å². The molecule has 3 aliphatic rings. The highest BCUT2D eigenvalue weighted by Gasteiger charge is 2.63. The molecule has 2 N–H and O–H groups in total. The lowest BCUT2D eigenvalue weighted by Crippen LogP contribution is -2.57. The van der Waals surface area contributed by atoms with Crippen LogP contribution in [-0.2, 0) is 19.1 Å². The van der Waals surface area contributed by atoms with Gasteiger partial charge in [-0.05, 0) is 30.4 Å². The van der Waals surface area contributed by atoms with Crippen LogP contribution in [0.4, 0.5) is 0 Å². The van der Waals surface area contributed by atoms with E-state index >= 15 is 0 Å². The van der Waals surface area contributed by atoms with Crippen molar-refractivity contribution in [3.8, 4) is 0 Å². The number of esters is 1. The Morgan fingerprint density at radius 1 is 1.05 bits per heavy atom. The summed E-state index contributed by atoms with van der Waals surface area (Å²) >= 11 is 1.48. The molecule has 3 heterocycles. The molecule has 206 valence electrons. The number of rotatable bonds is 6. The van der Waals surface area contributed by atoms with Crippen LogP contribution in [0, 0.1) is 5.41 Å². The number of amides is 2. The molecule has 1 spiro atoms. The molecule has 2 aromatic carbocycles. The van der Waals surface area contributed by atoms with Crippen LogP contribution in [0.2, 0.25) is 0 Å². The zero-order valence-corrected chi connectivity index (χ0v) is 23.0. The van der Waals surface area contributed by atoms with Crippen LogP contribution in [0.1, 0.15) is 72.5 Å². The van der Waals surface area contributed by atoms with Gasteiger partial charge in [-0.3, -0.25) is 24.5 Å². The Morgan fingerprint density at radius 3 is 2.15 bits per heavy atom. The number of benzene rings is 2. The van der Waals surface area contributed by atoms with Gasteiger partial charge in [-0.1, -0.05) is 63.2 Å². The van der Waals surface area contributed by atoms with Crippen LogP contribution >= 0.6 is 11.8 Å². The Bertz CT molecular complexity index is 1270. The first kappa shape index (κ1) is 27.4. The van der Waals surface area contributed by atoms with E-state index < -0.39 is 51.1 Å². The number of nitrogens with one attached hydrogen (secondary N) is 1. The fourth-order valence-electron chi connectivity index (χ4n) is 5.60. The molecule has 0 saturated carbocycles. The van der Waals surface area contributed by atoms with Crippen molar-refractivity contribution in [2.75, 3.05) is 13.2 Å². The van der Waals surface area contributed by atoms with Gasteiger partial charge >= 0.3 is 11.9 Å². The van der Waals surface area contributed by atoms with Crippen LogP contribution in [0.3, 0.4) is 0 Å².